The van der Waals surface area contributed by atoms with Gasteiger partial charge >= 0.3 is 0 Å². The normalized spacial score (nSPS) is 12.5. The number of benzene rings is 1. The van der Waals surface area contributed by atoms with Crippen LogP contribution in [0.25, 0.3) is 5.69 Å². The van der Waals surface area contributed by atoms with E-state index >= 15 is 0 Å². The first-order valence-corrected chi connectivity index (χ1v) is 9.24. The van der Waals surface area contributed by atoms with Crippen LogP contribution < -0.4 is 10.6 Å². The van der Waals surface area contributed by atoms with Gasteiger partial charge < -0.3 is 10.6 Å². The Bertz CT molecular complexity index is 764. The number of hydrogen-bond acceptors (Lipinski definition) is 4. The second-order valence-electron chi connectivity index (χ2n) is 6.77. The Hall–Kier alpha value is -2.28. The molecule has 2 amide bonds. The number of nitrogens with one attached hydrogen (secondary N) is 2. The third-order valence-electron chi connectivity index (χ3n) is 3.41. The zero-order chi connectivity index (χ0) is 18.6. The average Bonchev–Trinajstić information content (AvgIpc) is 3.02. The van der Waals surface area contributed by atoms with Crippen molar-refractivity contribution in [3.05, 3.63) is 42.2 Å². The Morgan fingerprint density at radius 3 is 2.64 bits per heavy atom. The summed E-state index contributed by atoms with van der Waals surface area (Å²) in [5.41, 5.74) is 1.00. The number of aromatic nitrogens is 2. The fourth-order valence-electron chi connectivity index (χ4n) is 2.26. The van der Waals surface area contributed by atoms with Crippen LogP contribution in [0.15, 0.2) is 41.8 Å². The lowest BCUT2D eigenvalue weighted by molar-refractivity contribution is -0.124. The van der Waals surface area contributed by atoms with Crippen molar-refractivity contribution in [1.82, 2.24) is 20.2 Å². The molecule has 1 atom stereocenters. The van der Waals surface area contributed by atoms with E-state index in [4.69, 9.17) is 0 Å². The minimum absolute atomic E-state index is 0.212. The monoisotopic (exact) mass is 360 g/mol. The molecule has 0 aliphatic carbocycles. The number of carbonyl (C=O) groups excluding carboxylic acids is 2. The molecular weight excluding hydrogens is 336 g/mol. The van der Waals surface area contributed by atoms with Gasteiger partial charge in [-0.15, -0.1) is 0 Å². The molecule has 2 aromatic rings. The van der Waals surface area contributed by atoms with Crippen LogP contribution in [-0.4, -0.2) is 39.2 Å². The van der Waals surface area contributed by atoms with Gasteiger partial charge in [-0.05, 0) is 52.1 Å². The van der Waals surface area contributed by atoms with Crippen LogP contribution in [0.1, 0.15) is 38.1 Å². The molecule has 0 saturated carbocycles. The summed E-state index contributed by atoms with van der Waals surface area (Å²) in [6, 6.07) is 6.61. The smallest absolute Gasteiger partial charge is 0.251 e. The second-order valence-corrected chi connectivity index (χ2v) is 7.54. The van der Waals surface area contributed by atoms with Crippen molar-refractivity contribution in [2.24, 2.45) is 0 Å². The highest BCUT2D eigenvalue weighted by molar-refractivity contribution is 7.98. The van der Waals surface area contributed by atoms with E-state index in [1.54, 1.807) is 25.3 Å². The predicted octanol–water partition coefficient (Wildman–Crippen LogP) is 2.63. The number of nitrogens with zero attached hydrogens (tertiary/aromatic N) is 2. The zero-order valence-electron chi connectivity index (χ0n) is 15.2. The molecule has 0 aliphatic rings. The Morgan fingerprint density at radius 1 is 1.28 bits per heavy atom. The molecule has 0 fully saturated rings. The van der Waals surface area contributed by atoms with E-state index in [1.807, 2.05) is 49.9 Å². The highest BCUT2D eigenvalue weighted by Gasteiger charge is 2.21. The number of rotatable bonds is 5. The molecule has 7 heteroatoms. The van der Waals surface area contributed by atoms with Crippen LogP contribution in [0, 0.1) is 0 Å². The third kappa shape index (κ3) is 5.09. The van der Waals surface area contributed by atoms with Crippen molar-refractivity contribution < 1.29 is 9.59 Å². The summed E-state index contributed by atoms with van der Waals surface area (Å²) >= 11 is 1.53. The Balaban J connectivity index is 2.13. The fraction of sp³-hybridized carbons (Fsp3) is 0.389. The van der Waals surface area contributed by atoms with Crippen LogP contribution in [0.4, 0.5) is 0 Å². The van der Waals surface area contributed by atoms with Crippen LogP contribution in [-0.2, 0) is 4.79 Å². The summed E-state index contributed by atoms with van der Waals surface area (Å²) < 4.78 is 1.91. The maximum absolute atomic E-state index is 12.5. The standard InChI is InChI=1S/C18H24N4O2S/c1-12(15(23)21-18(2,3)4)20-16(24)13-7-6-8-14(11-13)22-10-9-19-17(22)25-5/h6-12H,1-5H3,(H,20,24)(H,21,23). The van der Waals surface area contributed by atoms with E-state index in [0.29, 0.717) is 5.56 Å². The van der Waals surface area contributed by atoms with Gasteiger partial charge in [0.15, 0.2) is 5.16 Å². The minimum atomic E-state index is -0.620. The number of imidazole rings is 1. The van der Waals surface area contributed by atoms with E-state index in [-0.39, 0.29) is 17.4 Å². The molecule has 0 saturated heterocycles. The maximum Gasteiger partial charge on any atom is 0.251 e. The molecule has 1 aromatic carbocycles. The van der Waals surface area contributed by atoms with Crippen LogP contribution in [0.3, 0.4) is 0 Å². The Kier molecular flexibility index (Phi) is 5.89. The van der Waals surface area contributed by atoms with Crippen molar-refractivity contribution in [1.29, 1.82) is 0 Å². The SMILES string of the molecule is CSc1nccn1-c1cccc(C(=O)NC(C)C(=O)NC(C)(C)C)c1. The third-order valence-corrected chi connectivity index (χ3v) is 4.08. The van der Waals surface area contributed by atoms with Gasteiger partial charge in [0.05, 0.1) is 0 Å². The quantitative estimate of drug-likeness (QED) is 0.804. The second kappa shape index (κ2) is 7.74. The van der Waals surface area contributed by atoms with Gasteiger partial charge in [0.1, 0.15) is 6.04 Å². The molecule has 25 heavy (non-hydrogen) atoms. The zero-order valence-corrected chi connectivity index (χ0v) is 16.0. The van der Waals surface area contributed by atoms with Gasteiger partial charge in [0, 0.05) is 29.2 Å². The lowest BCUT2D eigenvalue weighted by Crippen LogP contribution is -2.50. The fourth-order valence-corrected chi connectivity index (χ4v) is 2.79. The molecule has 1 aromatic heterocycles. The van der Waals surface area contributed by atoms with Crippen molar-refractivity contribution in [3.63, 3.8) is 0 Å². The first kappa shape index (κ1) is 19.1. The van der Waals surface area contributed by atoms with E-state index in [9.17, 15) is 9.59 Å². The number of hydrogen-bond donors (Lipinski definition) is 2. The molecule has 134 valence electrons. The van der Waals surface area contributed by atoms with E-state index in [0.717, 1.165) is 10.8 Å². The largest absolute Gasteiger partial charge is 0.350 e. The average molecular weight is 360 g/mol. The van der Waals surface area contributed by atoms with Gasteiger partial charge in [0.2, 0.25) is 5.91 Å². The molecule has 2 N–H and O–H groups in total. The van der Waals surface area contributed by atoms with Gasteiger partial charge in [-0.2, -0.15) is 0 Å². The molecule has 0 spiro atoms. The van der Waals surface area contributed by atoms with Gasteiger partial charge in [0.25, 0.3) is 5.91 Å². The first-order valence-electron chi connectivity index (χ1n) is 8.02. The van der Waals surface area contributed by atoms with E-state index in [2.05, 4.69) is 15.6 Å². The number of thioether (sulfide) groups is 1. The molecule has 1 unspecified atom stereocenters. The summed E-state index contributed by atoms with van der Waals surface area (Å²) in [7, 11) is 0. The minimum Gasteiger partial charge on any atom is -0.350 e. The molecule has 0 radical (unpaired) electrons. The maximum atomic E-state index is 12.5. The first-order chi connectivity index (χ1) is 11.7. The molecule has 0 bridgehead atoms. The summed E-state index contributed by atoms with van der Waals surface area (Å²) in [6.07, 6.45) is 5.52. The van der Waals surface area contributed by atoms with Crippen LogP contribution >= 0.6 is 11.8 Å². The summed E-state index contributed by atoms with van der Waals surface area (Å²) in [4.78, 5) is 28.9. The molecule has 1 heterocycles. The van der Waals surface area contributed by atoms with Gasteiger partial charge in [-0.25, -0.2) is 4.98 Å². The number of amides is 2. The molecule has 0 aliphatic heterocycles. The van der Waals surface area contributed by atoms with Crippen LogP contribution in [0.2, 0.25) is 0 Å². The lowest BCUT2D eigenvalue weighted by Gasteiger charge is -2.23. The highest BCUT2D eigenvalue weighted by atomic mass is 32.2. The summed E-state index contributed by atoms with van der Waals surface area (Å²) in [5, 5.41) is 6.44. The summed E-state index contributed by atoms with van der Waals surface area (Å²) in [6.45, 7) is 7.37. The highest BCUT2D eigenvalue weighted by Crippen LogP contribution is 2.19. The molecule has 2 rings (SSSR count). The summed E-state index contributed by atoms with van der Waals surface area (Å²) in [5.74, 6) is -0.500. The topological polar surface area (TPSA) is 76.0 Å². The molecule has 6 nitrogen and oxygen atoms in total. The lowest BCUT2D eigenvalue weighted by atomic mass is 10.1. The van der Waals surface area contributed by atoms with Gasteiger partial charge in [-0.1, -0.05) is 17.8 Å². The predicted molar refractivity (Wildman–Crippen MR) is 100 cm³/mol. The van der Waals surface area contributed by atoms with Gasteiger partial charge in [-0.3, -0.25) is 14.2 Å². The molecular formula is C18H24N4O2S. The van der Waals surface area contributed by atoms with E-state index in [1.165, 1.54) is 11.8 Å². The van der Waals surface area contributed by atoms with Crippen molar-refractivity contribution in [2.75, 3.05) is 6.26 Å². The van der Waals surface area contributed by atoms with Crippen molar-refractivity contribution in [3.8, 4) is 5.69 Å². The van der Waals surface area contributed by atoms with Crippen LogP contribution in [0.5, 0.6) is 0 Å². The number of carbonyl (C=O) groups is 2. The van der Waals surface area contributed by atoms with Crippen molar-refractivity contribution >= 4 is 23.6 Å². The van der Waals surface area contributed by atoms with E-state index < -0.39 is 6.04 Å². The Labute approximate surface area is 152 Å². The van der Waals surface area contributed by atoms with Crippen molar-refractivity contribution in [2.45, 2.75) is 44.4 Å². The Morgan fingerprint density at radius 2 is 2.00 bits per heavy atom.